The number of fused-ring (bicyclic) bond motifs is 1. The van der Waals surface area contributed by atoms with E-state index < -0.39 is 0 Å². The van der Waals surface area contributed by atoms with Gasteiger partial charge in [-0.15, -0.1) is 0 Å². The van der Waals surface area contributed by atoms with Gasteiger partial charge in [0, 0.05) is 7.05 Å². The minimum Gasteiger partial charge on any atom is -0.497 e. The maximum absolute atomic E-state index is 9.22. The number of benzene rings is 1. The van der Waals surface area contributed by atoms with Crippen molar-refractivity contribution < 1.29 is 4.74 Å². The van der Waals surface area contributed by atoms with Gasteiger partial charge in [0.15, 0.2) is 5.13 Å². The number of hydrogen-bond acceptors (Lipinski definition) is 6. The Morgan fingerprint density at radius 2 is 2.24 bits per heavy atom. The molecule has 2 heterocycles. The summed E-state index contributed by atoms with van der Waals surface area (Å²) in [6.45, 7) is 1.81. The first kappa shape index (κ1) is 13.4. The summed E-state index contributed by atoms with van der Waals surface area (Å²) in [5.74, 6) is 1.45. The second kappa shape index (κ2) is 5.07. The lowest BCUT2D eigenvalue weighted by atomic mass is 10.3. The van der Waals surface area contributed by atoms with Gasteiger partial charge in [-0.3, -0.25) is 4.68 Å². The highest BCUT2D eigenvalue weighted by atomic mass is 32.1. The summed E-state index contributed by atoms with van der Waals surface area (Å²) in [5, 5.41) is 17.4. The number of thiazole rings is 1. The number of hydrogen-bond donors (Lipinski definition) is 1. The van der Waals surface area contributed by atoms with Crippen LogP contribution in [0.5, 0.6) is 5.75 Å². The average Bonchev–Trinajstić information content (AvgIpc) is 2.99. The zero-order valence-electron chi connectivity index (χ0n) is 11.8. The van der Waals surface area contributed by atoms with E-state index in [1.165, 1.54) is 11.3 Å². The largest absolute Gasteiger partial charge is 0.497 e. The number of nitrogens with one attached hydrogen (secondary N) is 1. The topological polar surface area (TPSA) is 75.8 Å². The van der Waals surface area contributed by atoms with Crippen molar-refractivity contribution in [1.82, 2.24) is 14.8 Å². The predicted molar refractivity (Wildman–Crippen MR) is 82.1 cm³/mol. The lowest BCUT2D eigenvalue weighted by Crippen LogP contribution is -1.99. The van der Waals surface area contributed by atoms with E-state index in [2.05, 4.69) is 21.5 Å². The average molecular weight is 299 g/mol. The first-order chi connectivity index (χ1) is 10.1. The summed E-state index contributed by atoms with van der Waals surface area (Å²) in [6, 6.07) is 7.90. The standard InChI is InChI=1S/C14H13N5OS/c1-8-10(7-15)13(19(2)18-8)17-14-16-11-5-4-9(20-3)6-12(11)21-14/h4-6H,1-3H3,(H,16,17). The second-order valence-electron chi connectivity index (χ2n) is 4.52. The number of anilines is 2. The zero-order chi connectivity index (χ0) is 15.0. The van der Waals surface area contributed by atoms with Gasteiger partial charge in [0.25, 0.3) is 0 Å². The molecule has 6 nitrogen and oxygen atoms in total. The van der Waals surface area contributed by atoms with Crippen LogP contribution in [0, 0.1) is 18.3 Å². The predicted octanol–water partition coefficient (Wildman–Crippen LogP) is 2.96. The fraction of sp³-hybridized carbons (Fsp3) is 0.214. The molecule has 0 atom stereocenters. The maximum Gasteiger partial charge on any atom is 0.189 e. The monoisotopic (exact) mass is 299 g/mol. The first-order valence-corrected chi connectivity index (χ1v) is 7.09. The minimum absolute atomic E-state index is 0.536. The third-order valence-corrected chi connectivity index (χ3v) is 4.09. The third kappa shape index (κ3) is 2.30. The van der Waals surface area contributed by atoms with E-state index in [0.717, 1.165) is 21.1 Å². The zero-order valence-corrected chi connectivity index (χ0v) is 12.7. The van der Waals surface area contributed by atoms with Gasteiger partial charge in [-0.1, -0.05) is 11.3 Å². The first-order valence-electron chi connectivity index (χ1n) is 6.27. The van der Waals surface area contributed by atoms with Gasteiger partial charge in [0.05, 0.1) is 23.0 Å². The van der Waals surface area contributed by atoms with Crippen molar-refractivity contribution in [1.29, 1.82) is 5.26 Å². The highest BCUT2D eigenvalue weighted by Crippen LogP contribution is 2.31. The molecule has 3 aromatic rings. The van der Waals surface area contributed by atoms with Crippen LogP contribution < -0.4 is 10.1 Å². The number of nitrogens with zero attached hydrogens (tertiary/aromatic N) is 4. The Bertz CT molecular complexity index is 858. The fourth-order valence-corrected chi connectivity index (χ4v) is 3.02. The van der Waals surface area contributed by atoms with E-state index in [0.29, 0.717) is 17.1 Å². The van der Waals surface area contributed by atoms with E-state index >= 15 is 0 Å². The lowest BCUT2D eigenvalue weighted by molar-refractivity contribution is 0.415. The molecular weight excluding hydrogens is 286 g/mol. The summed E-state index contributed by atoms with van der Waals surface area (Å²) in [7, 11) is 3.44. The van der Waals surface area contributed by atoms with Crippen LogP contribution >= 0.6 is 11.3 Å². The summed E-state index contributed by atoms with van der Waals surface area (Å²) in [6.07, 6.45) is 0. The van der Waals surface area contributed by atoms with Crippen LogP contribution in [0.2, 0.25) is 0 Å². The molecule has 0 amide bonds. The van der Waals surface area contributed by atoms with E-state index in [1.807, 2.05) is 25.1 Å². The molecule has 3 rings (SSSR count). The summed E-state index contributed by atoms with van der Waals surface area (Å²) >= 11 is 1.51. The maximum atomic E-state index is 9.22. The summed E-state index contributed by atoms with van der Waals surface area (Å²) in [4.78, 5) is 4.51. The molecule has 0 aliphatic rings. The SMILES string of the molecule is COc1ccc2nc(Nc3c(C#N)c(C)nn3C)sc2c1. The smallest absolute Gasteiger partial charge is 0.189 e. The van der Waals surface area contributed by atoms with Crippen molar-refractivity contribution in [3.63, 3.8) is 0 Å². The molecule has 0 radical (unpaired) electrons. The lowest BCUT2D eigenvalue weighted by Gasteiger charge is -2.02. The van der Waals surface area contributed by atoms with Crippen molar-refractivity contribution >= 4 is 32.5 Å². The van der Waals surface area contributed by atoms with Crippen LogP contribution in [0.1, 0.15) is 11.3 Å². The Kier molecular flexibility index (Phi) is 3.23. The Hall–Kier alpha value is -2.59. The van der Waals surface area contributed by atoms with Crippen LogP contribution in [-0.2, 0) is 7.05 Å². The number of aromatic nitrogens is 3. The third-order valence-electron chi connectivity index (χ3n) is 3.15. The number of rotatable bonds is 3. The molecular formula is C14H13N5OS. The molecule has 0 fully saturated rings. The van der Waals surface area contributed by atoms with Crippen molar-refractivity contribution in [2.24, 2.45) is 7.05 Å². The Balaban J connectivity index is 2.01. The molecule has 2 aromatic heterocycles. The fourth-order valence-electron chi connectivity index (χ4n) is 2.12. The van der Waals surface area contributed by atoms with Crippen LogP contribution in [0.15, 0.2) is 18.2 Å². The molecule has 106 valence electrons. The quantitative estimate of drug-likeness (QED) is 0.804. The highest BCUT2D eigenvalue weighted by Gasteiger charge is 2.14. The van der Waals surface area contributed by atoms with Crippen molar-refractivity contribution in [2.45, 2.75) is 6.92 Å². The van der Waals surface area contributed by atoms with E-state index in [4.69, 9.17) is 4.74 Å². The Morgan fingerprint density at radius 3 is 2.95 bits per heavy atom. The van der Waals surface area contributed by atoms with Crippen LogP contribution in [0.25, 0.3) is 10.2 Å². The van der Waals surface area contributed by atoms with E-state index in [1.54, 1.807) is 18.8 Å². The Labute approximate surface area is 125 Å². The molecule has 0 bridgehead atoms. The van der Waals surface area contributed by atoms with Crippen LogP contribution in [0.4, 0.5) is 10.9 Å². The molecule has 1 N–H and O–H groups in total. The Morgan fingerprint density at radius 1 is 1.43 bits per heavy atom. The normalized spacial score (nSPS) is 10.6. The van der Waals surface area contributed by atoms with Gasteiger partial charge < -0.3 is 10.1 Å². The molecule has 0 aliphatic heterocycles. The van der Waals surface area contributed by atoms with Crippen LogP contribution in [-0.4, -0.2) is 21.9 Å². The molecule has 21 heavy (non-hydrogen) atoms. The minimum atomic E-state index is 0.536. The van der Waals surface area contributed by atoms with Crippen molar-refractivity contribution in [3.05, 3.63) is 29.5 Å². The van der Waals surface area contributed by atoms with Gasteiger partial charge >= 0.3 is 0 Å². The molecule has 1 aromatic carbocycles. The highest BCUT2D eigenvalue weighted by molar-refractivity contribution is 7.22. The van der Waals surface area contributed by atoms with Crippen molar-refractivity contribution in [3.8, 4) is 11.8 Å². The summed E-state index contributed by atoms with van der Waals surface area (Å²) in [5.41, 5.74) is 2.13. The van der Waals surface area contributed by atoms with Gasteiger partial charge in [-0.05, 0) is 25.1 Å². The number of methoxy groups -OCH3 is 1. The number of nitriles is 1. The van der Waals surface area contributed by atoms with Gasteiger partial charge in [0.2, 0.25) is 0 Å². The number of ether oxygens (including phenoxy) is 1. The molecule has 0 saturated heterocycles. The number of aryl methyl sites for hydroxylation is 2. The van der Waals surface area contributed by atoms with Crippen molar-refractivity contribution in [2.75, 3.05) is 12.4 Å². The molecule has 0 spiro atoms. The molecule has 0 saturated carbocycles. The molecule has 0 aliphatic carbocycles. The van der Waals surface area contributed by atoms with E-state index in [-0.39, 0.29) is 0 Å². The van der Waals surface area contributed by atoms with E-state index in [9.17, 15) is 5.26 Å². The van der Waals surface area contributed by atoms with Gasteiger partial charge in [-0.25, -0.2) is 4.98 Å². The van der Waals surface area contributed by atoms with Crippen LogP contribution in [0.3, 0.4) is 0 Å². The van der Waals surface area contributed by atoms with Gasteiger partial charge in [-0.2, -0.15) is 10.4 Å². The molecule has 7 heteroatoms. The van der Waals surface area contributed by atoms with Gasteiger partial charge in [0.1, 0.15) is 23.2 Å². The molecule has 0 unspecified atom stereocenters. The second-order valence-corrected chi connectivity index (χ2v) is 5.55. The summed E-state index contributed by atoms with van der Waals surface area (Å²) < 4.78 is 7.89.